The minimum atomic E-state index is -1.28. The number of carbonyl (C=O) groups excluding carboxylic acids is 3. The molecule has 156 valence electrons. The van der Waals surface area contributed by atoms with Crippen LogP contribution in [0, 0.1) is 6.92 Å². The van der Waals surface area contributed by atoms with Crippen LogP contribution in [0.15, 0.2) is 17.5 Å². The highest BCUT2D eigenvalue weighted by Gasteiger charge is 2.54. The molecule has 2 N–H and O–H groups in total. The molecule has 2 aliphatic heterocycles. The third-order valence-corrected chi connectivity index (χ3v) is 6.18. The van der Waals surface area contributed by atoms with Crippen molar-refractivity contribution in [3.8, 4) is 0 Å². The predicted molar refractivity (Wildman–Crippen MR) is 103 cm³/mol. The summed E-state index contributed by atoms with van der Waals surface area (Å²) in [4.78, 5) is 48.5. The topological polar surface area (TPSA) is 131 Å². The lowest BCUT2D eigenvalue weighted by molar-refractivity contribution is -0.151. The summed E-state index contributed by atoms with van der Waals surface area (Å²) >= 11 is 7.24. The van der Waals surface area contributed by atoms with E-state index in [1.165, 1.54) is 18.7 Å². The number of amides is 2. The third kappa shape index (κ3) is 4.40. The van der Waals surface area contributed by atoms with Gasteiger partial charge in [0, 0.05) is 37.4 Å². The van der Waals surface area contributed by atoms with Crippen molar-refractivity contribution in [2.45, 2.75) is 38.2 Å². The van der Waals surface area contributed by atoms with Crippen molar-refractivity contribution in [1.82, 2.24) is 20.0 Å². The van der Waals surface area contributed by atoms with Crippen LogP contribution in [0.5, 0.6) is 0 Å². The fourth-order valence-corrected chi connectivity index (χ4v) is 4.53. The highest BCUT2D eigenvalue weighted by atomic mass is 35.5. The normalized spacial score (nSPS) is 20.8. The summed E-state index contributed by atoms with van der Waals surface area (Å²) in [5, 5.41) is 16.3. The number of aliphatic carboxylic acids is 1. The fourth-order valence-electron chi connectivity index (χ4n) is 3.05. The maximum Gasteiger partial charge on any atom is 0.352 e. The average Bonchev–Trinajstić information content (AvgIpc) is 2.99. The Balaban J connectivity index is 1.61. The van der Waals surface area contributed by atoms with Crippen molar-refractivity contribution in [2.24, 2.45) is 0 Å². The van der Waals surface area contributed by atoms with Gasteiger partial charge in [0.2, 0.25) is 5.91 Å². The van der Waals surface area contributed by atoms with E-state index in [1.807, 2.05) is 0 Å². The van der Waals surface area contributed by atoms with E-state index in [0.29, 0.717) is 22.8 Å². The van der Waals surface area contributed by atoms with E-state index in [4.69, 9.17) is 16.3 Å². The van der Waals surface area contributed by atoms with Crippen molar-refractivity contribution < 1.29 is 29.0 Å². The molecule has 1 saturated heterocycles. The Morgan fingerprint density at radius 2 is 2.17 bits per heavy atom. The van der Waals surface area contributed by atoms with Gasteiger partial charge >= 0.3 is 11.9 Å². The van der Waals surface area contributed by atoms with Crippen LogP contribution in [0.25, 0.3) is 0 Å². The van der Waals surface area contributed by atoms with Crippen LogP contribution in [-0.2, 0) is 30.5 Å². The number of aromatic nitrogens is 2. The van der Waals surface area contributed by atoms with Gasteiger partial charge in [0.25, 0.3) is 5.91 Å². The molecule has 1 aromatic rings. The van der Waals surface area contributed by atoms with E-state index in [1.54, 1.807) is 17.8 Å². The molecule has 2 aliphatic rings. The van der Waals surface area contributed by atoms with Crippen LogP contribution < -0.4 is 5.32 Å². The maximum atomic E-state index is 12.5. The van der Waals surface area contributed by atoms with E-state index in [2.05, 4.69) is 10.4 Å². The largest absolute Gasteiger partial charge is 0.477 e. The van der Waals surface area contributed by atoms with Crippen molar-refractivity contribution in [1.29, 1.82) is 0 Å². The van der Waals surface area contributed by atoms with Crippen molar-refractivity contribution >= 4 is 47.1 Å². The zero-order valence-electron chi connectivity index (χ0n) is 15.7. The summed E-state index contributed by atoms with van der Waals surface area (Å²) in [6, 6.07) is -0.805. The number of aryl methyl sites for hydroxylation is 2. The van der Waals surface area contributed by atoms with Gasteiger partial charge in [-0.1, -0.05) is 11.6 Å². The molecule has 1 fully saturated rings. The van der Waals surface area contributed by atoms with Gasteiger partial charge in [-0.25, -0.2) is 4.79 Å². The Morgan fingerprint density at radius 3 is 2.76 bits per heavy atom. The van der Waals surface area contributed by atoms with Crippen LogP contribution >= 0.6 is 23.4 Å². The number of carbonyl (C=O) groups is 4. The number of thioether (sulfide) groups is 1. The quantitative estimate of drug-likeness (QED) is 0.462. The smallest absolute Gasteiger partial charge is 0.352 e. The number of β-lactam (4-membered cyclic amide) rings is 1. The number of halogens is 1. The molecular formula is C17H19ClN4O6S. The van der Waals surface area contributed by atoms with Gasteiger partial charge in [-0.2, -0.15) is 5.10 Å². The Kier molecular flexibility index (Phi) is 6.18. The van der Waals surface area contributed by atoms with Gasteiger partial charge in [-0.05, 0) is 6.92 Å². The summed E-state index contributed by atoms with van der Waals surface area (Å²) in [5.41, 5.74) is 0.818. The highest BCUT2D eigenvalue weighted by Crippen LogP contribution is 2.40. The molecule has 3 rings (SSSR count). The molecule has 2 amide bonds. The molecule has 10 nitrogen and oxygen atoms in total. The van der Waals surface area contributed by atoms with Crippen LogP contribution in [0.1, 0.15) is 19.0 Å². The molecule has 0 aromatic carbocycles. The zero-order chi connectivity index (χ0) is 21.3. The number of hydrogen-bond acceptors (Lipinski definition) is 7. The summed E-state index contributed by atoms with van der Waals surface area (Å²) in [6.45, 7) is 3.08. The molecule has 0 aliphatic carbocycles. The minimum Gasteiger partial charge on any atom is -0.477 e. The SMILES string of the molecule is CC(=O)OCC1=C(C(=O)O)N2C(=O)C(NC(=O)CCn3cc(Cl)c(C)n3)C2SC1. The summed E-state index contributed by atoms with van der Waals surface area (Å²) in [6.07, 6.45) is 1.71. The van der Waals surface area contributed by atoms with E-state index in [-0.39, 0.29) is 30.4 Å². The van der Waals surface area contributed by atoms with Crippen LogP contribution in [0.3, 0.4) is 0 Å². The first kappa shape index (κ1) is 21.2. The van der Waals surface area contributed by atoms with E-state index in [0.717, 1.165) is 4.90 Å². The lowest BCUT2D eigenvalue weighted by Crippen LogP contribution is -2.70. The van der Waals surface area contributed by atoms with Gasteiger partial charge < -0.3 is 15.2 Å². The van der Waals surface area contributed by atoms with Crippen molar-refractivity contribution in [3.63, 3.8) is 0 Å². The van der Waals surface area contributed by atoms with Gasteiger partial charge in [-0.15, -0.1) is 11.8 Å². The first-order valence-electron chi connectivity index (χ1n) is 8.71. The molecule has 0 radical (unpaired) electrons. The Labute approximate surface area is 175 Å². The maximum absolute atomic E-state index is 12.5. The van der Waals surface area contributed by atoms with Crippen LogP contribution in [0.4, 0.5) is 0 Å². The van der Waals surface area contributed by atoms with Gasteiger partial charge in [0.15, 0.2) is 0 Å². The molecule has 0 bridgehead atoms. The Morgan fingerprint density at radius 1 is 1.45 bits per heavy atom. The summed E-state index contributed by atoms with van der Waals surface area (Å²) in [5.74, 6) is -2.39. The number of carboxylic acid groups (broad SMARTS) is 1. The average molecular weight is 443 g/mol. The number of hydrogen-bond donors (Lipinski definition) is 2. The lowest BCUT2D eigenvalue weighted by atomic mass is 10.0. The number of nitrogens with zero attached hydrogens (tertiary/aromatic N) is 3. The summed E-state index contributed by atoms with van der Waals surface area (Å²) in [7, 11) is 0. The number of nitrogens with one attached hydrogen (secondary N) is 1. The second-order valence-corrected chi connectivity index (χ2v) is 8.08. The zero-order valence-corrected chi connectivity index (χ0v) is 17.2. The van der Waals surface area contributed by atoms with Crippen LogP contribution in [-0.4, -0.2) is 67.3 Å². The first-order chi connectivity index (χ1) is 13.7. The van der Waals surface area contributed by atoms with E-state index in [9.17, 15) is 24.3 Å². The molecule has 0 spiro atoms. The minimum absolute atomic E-state index is 0.0952. The molecule has 0 saturated carbocycles. The predicted octanol–water partition coefficient (Wildman–Crippen LogP) is 0.537. The Bertz CT molecular complexity index is 894. The van der Waals surface area contributed by atoms with Crippen molar-refractivity contribution in [3.05, 3.63) is 28.2 Å². The molecule has 2 unspecified atom stereocenters. The number of rotatable bonds is 7. The first-order valence-corrected chi connectivity index (χ1v) is 10.1. The van der Waals surface area contributed by atoms with Gasteiger partial charge in [0.05, 0.1) is 10.7 Å². The molecule has 2 atom stereocenters. The number of esters is 1. The summed E-state index contributed by atoms with van der Waals surface area (Å²) < 4.78 is 6.43. The second-order valence-electron chi connectivity index (χ2n) is 6.57. The standard InChI is InChI=1S/C17H19ClN4O6S/c1-8-11(18)5-21(20-8)4-3-12(24)19-13-15(25)22-14(17(26)27)10(6-28-9(2)23)7-29-16(13)22/h5,13,16H,3-4,6-7H2,1-2H3,(H,19,24)(H,26,27). The van der Waals surface area contributed by atoms with Crippen molar-refractivity contribution in [2.75, 3.05) is 12.4 Å². The number of fused-ring (bicyclic) bond motifs is 1. The monoisotopic (exact) mass is 442 g/mol. The molecule has 29 heavy (non-hydrogen) atoms. The van der Waals surface area contributed by atoms with E-state index >= 15 is 0 Å². The number of ether oxygens (including phenoxy) is 1. The van der Waals surface area contributed by atoms with Gasteiger partial charge in [-0.3, -0.25) is 24.0 Å². The van der Waals surface area contributed by atoms with E-state index < -0.39 is 29.3 Å². The molecule has 3 heterocycles. The van der Waals surface area contributed by atoms with Gasteiger partial charge in [0.1, 0.15) is 23.7 Å². The second kappa shape index (κ2) is 8.46. The lowest BCUT2D eigenvalue weighted by Gasteiger charge is -2.49. The Hall–Kier alpha value is -2.53. The fraction of sp³-hybridized carbons (Fsp3) is 0.471. The molecular weight excluding hydrogens is 424 g/mol. The third-order valence-electron chi connectivity index (χ3n) is 4.47. The van der Waals surface area contributed by atoms with Crippen LogP contribution in [0.2, 0.25) is 5.02 Å². The number of carboxylic acids is 1. The molecule has 12 heteroatoms. The molecule has 1 aromatic heterocycles. The highest BCUT2D eigenvalue weighted by molar-refractivity contribution is 8.00.